The van der Waals surface area contributed by atoms with E-state index < -0.39 is 35.5 Å². The van der Waals surface area contributed by atoms with E-state index in [1.807, 2.05) is 26.0 Å². The third-order valence-corrected chi connectivity index (χ3v) is 12.2. The zero-order valence-corrected chi connectivity index (χ0v) is 39.1. The van der Waals surface area contributed by atoms with Crippen LogP contribution in [0.3, 0.4) is 0 Å². The van der Waals surface area contributed by atoms with Crippen LogP contribution in [0.5, 0.6) is 0 Å². The summed E-state index contributed by atoms with van der Waals surface area (Å²) in [5.74, 6) is -2.03. The molecule has 1 saturated heterocycles. The summed E-state index contributed by atoms with van der Waals surface area (Å²) in [4.78, 5) is 96.6. The van der Waals surface area contributed by atoms with Crippen molar-refractivity contribution in [2.45, 2.75) is 168 Å². The highest BCUT2D eigenvalue weighted by Gasteiger charge is 2.42. The second-order valence-electron chi connectivity index (χ2n) is 17.5. The summed E-state index contributed by atoms with van der Waals surface area (Å²) in [6.07, 6.45) is 8.73. The van der Waals surface area contributed by atoms with Gasteiger partial charge in [-0.15, -0.1) is 0 Å². The first-order chi connectivity index (χ1) is 30.2. The first kappa shape index (κ1) is 52.8. The molecule has 0 spiro atoms. The molecule has 2 aliphatic rings. The second-order valence-corrected chi connectivity index (χ2v) is 17.5. The van der Waals surface area contributed by atoms with Crippen LogP contribution in [0.1, 0.15) is 148 Å². The molecule has 0 aromatic heterocycles. The standard InChI is InChI=1S/C47H79N9O7/c1-7-10-12-17-38(35(6)57)52-45(62)39(51-34(4)5)18-13-16-27-48-42(59)24-23-40(44(61)50-29-28-49-41(58)8-2)53-46(63)47(25-14-11-15-26-47)54-43(60)36-19-21-37(22-20-36)56-32-30-55(9-3)31-33-56/h19-22,34,38-40,51H,7-18,23-33H2,1-6H3,(H,48,59)(H,49,58)(H,50,61)(H,52,62)(H,53,63)(H,54,60)/t38?,39?,40-/m0/s1. The average Bonchev–Trinajstić information content (AvgIpc) is 3.28. The van der Waals surface area contributed by atoms with Crippen LogP contribution in [0.25, 0.3) is 0 Å². The van der Waals surface area contributed by atoms with E-state index in [0.717, 1.165) is 76.9 Å². The molecule has 7 N–H and O–H groups in total. The van der Waals surface area contributed by atoms with Crippen LogP contribution in [0.2, 0.25) is 0 Å². The van der Waals surface area contributed by atoms with E-state index in [9.17, 15) is 33.6 Å². The predicted molar refractivity (Wildman–Crippen MR) is 247 cm³/mol. The molecular weight excluding hydrogens is 803 g/mol. The number of likely N-dealkylation sites (N-methyl/N-ethyl adjacent to an activating group) is 1. The van der Waals surface area contributed by atoms with Gasteiger partial charge in [0, 0.05) is 75.9 Å². The largest absolute Gasteiger partial charge is 0.369 e. The number of nitrogens with zero attached hydrogens (tertiary/aromatic N) is 2. The van der Waals surface area contributed by atoms with Crippen LogP contribution in [-0.4, -0.2) is 128 Å². The molecule has 16 nitrogen and oxygen atoms in total. The van der Waals surface area contributed by atoms with Crippen molar-refractivity contribution in [3.8, 4) is 0 Å². The molecule has 16 heteroatoms. The number of hydrogen-bond donors (Lipinski definition) is 7. The molecule has 1 aromatic carbocycles. The topological polar surface area (TPSA) is 210 Å². The number of amides is 6. The minimum Gasteiger partial charge on any atom is -0.369 e. The van der Waals surface area contributed by atoms with Crippen LogP contribution in [0, 0.1) is 0 Å². The Kier molecular flexibility index (Phi) is 23.7. The van der Waals surface area contributed by atoms with Gasteiger partial charge in [0.2, 0.25) is 29.5 Å². The first-order valence-electron chi connectivity index (χ1n) is 23.8. The maximum Gasteiger partial charge on any atom is 0.252 e. The number of rotatable bonds is 28. The maximum atomic E-state index is 14.3. The lowest BCUT2D eigenvalue weighted by atomic mass is 9.80. The number of benzene rings is 1. The molecule has 1 aliphatic carbocycles. The van der Waals surface area contributed by atoms with E-state index in [1.165, 1.54) is 6.92 Å². The van der Waals surface area contributed by atoms with Gasteiger partial charge in [-0.3, -0.25) is 33.6 Å². The van der Waals surface area contributed by atoms with Gasteiger partial charge in [-0.05, 0) is 82.7 Å². The zero-order chi connectivity index (χ0) is 46.2. The number of hydrogen-bond acceptors (Lipinski definition) is 10. The molecule has 2 unspecified atom stereocenters. The van der Waals surface area contributed by atoms with Crippen LogP contribution in [0.4, 0.5) is 5.69 Å². The summed E-state index contributed by atoms with van der Waals surface area (Å²) in [6, 6.07) is 5.45. The number of piperazine rings is 1. The molecule has 3 atom stereocenters. The number of carbonyl (C=O) groups excluding carboxylic acids is 7. The molecule has 63 heavy (non-hydrogen) atoms. The summed E-state index contributed by atoms with van der Waals surface area (Å²) in [5, 5.41) is 20.6. The number of carbonyl (C=O) groups is 7. The lowest BCUT2D eigenvalue weighted by Crippen LogP contribution is -2.62. The molecule has 354 valence electrons. The fourth-order valence-electron chi connectivity index (χ4n) is 8.21. The van der Waals surface area contributed by atoms with Gasteiger partial charge in [0.05, 0.1) is 12.1 Å². The number of Topliss-reactive ketones (excluding diaryl/α,β-unsaturated/α-hetero) is 1. The molecule has 1 saturated carbocycles. The summed E-state index contributed by atoms with van der Waals surface area (Å²) in [6.45, 7) is 16.9. The van der Waals surface area contributed by atoms with Crippen LogP contribution in [0.15, 0.2) is 24.3 Å². The Hall–Kier alpha value is -4.57. The zero-order valence-electron chi connectivity index (χ0n) is 39.1. The molecule has 6 amide bonds. The quantitative estimate of drug-likeness (QED) is 0.0610. The molecule has 1 aromatic rings. The van der Waals surface area contributed by atoms with Gasteiger partial charge < -0.3 is 47.0 Å². The van der Waals surface area contributed by atoms with Crippen molar-refractivity contribution < 1.29 is 33.6 Å². The first-order valence-corrected chi connectivity index (χ1v) is 23.8. The Morgan fingerprint density at radius 2 is 1.30 bits per heavy atom. The van der Waals surface area contributed by atoms with Crippen LogP contribution >= 0.6 is 0 Å². The Balaban J connectivity index is 1.61. The van der Waals surface area contributed by atoms with Crippen LogP contribution < -0.4 is 42.1 Å². The average molecular weight is 882 g/mol. The molecule has 0 radical (unpaired) electrons. The van der Waals surface area contributed by atoms with Gasteiger partial charge in [-0.2, -0.15) is 0 Å². The monoisotopic (exact) mass is 882 g/mol. The summed E-state index contributed by atoms with van der Waals surface area (Å²) in [5.41, 5.74) is 0.254. The fraction of sp³-hybridized carbons (Fsp3) is 0.723. The number of anilines is 1. The lowest BCUT2D eigenvalue weighted by Gasteiger charge is -2.38. The molecule has 0 bridgehead atoms. The number of unbranched alkanes of at least 4 members (excludes halogenated alkanes) is 3. The van der Waals surface area contributed by atoms with Crippen molar-refractivity contribution in [2.75, 3.05) is 57.3 Å². The van der Waals surface area contributed by atoms with E-state index in [2.05, 4.69) is 60.9 Å². The smallest absolute Gasteiger partial charge is 0.252 e. The minimum absolute atomic E-state index is 0.0128. The fourth-order valence-corrected chi connectivity index (χ4v) is 8.21. The van der Waals surface area contributed by atoms with Crippen molar-refractivity contribution in [1.82, 2.24) is 42.1 Å². The highest BCUT2D eigenvalue weighted by Crippen LogP contribution is 2.30. The normalized spacial score (nSPS) is 16.6. The van der Waals surface area contributed by atoms with Crippen LogP contribution in [-0.2, 0) is 28.8 Å². The lowest BCUT2D eigenvalue weighted by molar-refractivity contribution is -0.134. The van der Waals surface area contributed by atoms with Gasteiger partial charge in [0.15, 0.2) is 5.78 Å². The van der Waals surface area contributed by atoms with Crippen molar-refractivity contribution in [1.29, 1.82) is 0 Å². The van der Waals surface area contributed by atoms with Gasteiger partial charge in [-0.25, -0.2) is 0 Å². The Bertz CT molecular complexity index is 1610. The number of ketones is 1. The van der Waals surface area contributed by atoms with Crippen molar-refractivity contribution in [3.63, 3.8) is 0 Å². The van der Waals surface area contributed by atoms with E-state index in [-0.39, 0.29) is 61.4 Å². The molecule has 1 heterocycles. The summed E-state index contributed by atoms with van der Waals surface area (Å²) >= 11 is 0. The van der Waals surface area contributed by atoms with E-state index in [0.29, 0.717) is 57.1 Å². The highest BCUT2D eigenvalue weighted by atomic mass is 16.2. The van der Waals surface area contributed by atoms with Crippen molar-refractivity contribution in [2.24, 2.45) is 0 Å². The molecule has 1 aliphatic heterocycles. The summed E-state index contributed by atoms with van der Waals surface area (Å²) in [7, 11) is 0. The van der Waals surface area contributed by atoms with Crippen molar-refractivity contribution in [3.05, 3.63) is 29.8 Å². The molecule has 2 fully saturated rings. The Labute approximate surface area is 376 Å². The molecular formula is C47H79N9O7. The van der Waals surface area contributed by atoms with E-state index in [1.54, 1.807) is 19.1 Å². The van der Waals surface area contributed by atoms with E-state index >= 15 is 0 Å². The van der Waals surface area contributed by atoms with E-state index in [4.69, 9.17) is 0 Å². The highest BCUT2D eigenvalue weighted by molar-refractivity contribution is 6.00. The van der Waals surface area contributed by atoms with Gasteiger partial charge >= 0.3 is 0 Å². The van der Waals surface area contributed by atoms with Gasteiger partial charge in [-0.1, -0.05) is 73.1 Å². The third-order valence-electron chi connectivity index (χ3n) is 12.2. The summed E-state index contributed by atoms with van der Waals surface area (Å²) < 4.78 is 0. The van der Waals surface area contributed by atoms with Gasteiger partial charge in [0.25, 0.3) is 5.91 Å². The van der Waals surface area contributed by atoms with Gasteiger partial charge in [0.1, 0.15) is 11.6 Å². The predicted octanol–water partition coefficient (Wildman–Crippen LogP) is 3.48. The minimum atomic E-state index is -1.23. The second kappa shape index (κ2) is 28.3. The number of nitrogens with one attached hydrogen (secondary N) is 7. The SMILES string of the molecule is CCCCCC(NC(=O)C(CCCCNC(=O)CC[C@H](NC(=O)C1(NC(=O)c2ccc(N3CCN(CC)CC3)cc2)CCCCC1)C(=O)NCCNC(=O)CC)NC(C)C)C(C)=O. The Morgan fingerprint density at radius 3 is 1.92 bits per heavy atom. The maximum absolute atomic E-state index is 14.3. The Morgan fingerprint density at radius 1 is 0.667 bits per heavy atom. The third kappa shape index (κ3) is 18.6. The molecule has 3 rings (SSSR count). The van der Waals surface area contributed by atoms with Crippen molar-refractivity contribution >= 4 is 46.9 Å².